The monoisotopic (exact) mass is 296 g/mol. The van der Waals surface area contributed by atoms with Crippen LogP contribution in [0.4, 0.5) is 0 Å². The van der Waals surface area contributed by atoms with E-state index in [1.807, 2.05) is 15.2 Å². The predicted molar refractivity (Wildman–Crippen MR) is 87.9 cm³/mol. The Hall–Kier alpha value is -0.810. The van der Waals surface area contributed by atoms with Crippen LogP contribution in [0.15, 0.2) is 23.0 Å². The van der Waals surface area contributed by atoms with Crippen LogP contribution in [0, 0.1) is 6.92 Å². The molecule has 0 fully saturated rings. The number of aromatic nitrogens is 2. The second-order valence-corrected chi connectivity index (χ2v) is 5.63. The van der Waals surface area contributed by atoms with Gasteiger partial charge in [-0.3, -0.25) is 9.13 Å². The first-order valence-electron chi connectivity index (χ1n) is 6.60. The van der Waals surface area contributed by atoms with Crippen LogP contribution in [0.2, 0.25) is 0 Å². The van der Waals surface area contributed by atoms with E-state index >= 15 is 0 Å². The summed E-state index contributed by atoms with van der Waals surface area (Å²) in [5, 5.41) is 0. The van der Waals surface area contributed by atoms with Crippen LogP contribution in [0.5, 0.6) is 0 Å². The number of nitrogens with zero attached hydrogens (tertiary/aromatic N) is 2. The largest absolute Gasteiger partial charge is 0.329 e. The quantitative estimate of drug-likeness (QED) is 0.788. The molecule has 1 aromatic carbocycles. The lowest BCUT2D eigenvalue weighted by Crippen LogP contribution is -2.24. The zero-order chi connectivity index (χ0) is 13.8. The van der Waals surface area contributed by atoms with Crippen molar-refractivity contribution in [3.05, 3.63) is 34.2 Å². The van der Waals surface area contributed by atoms with E-state index in [-0.39, 0.29) is 5.69 Å². The van der Waals surface area contributed by atoms with Gasteiger partial charge in [0.2, 0.25) is 0 Å². The number of imidazole rings is 1. The number of fused-ring (bicyclic) bond motifs is 1. The lowest BCUT2D eigenvalue weighted by molar-refractivity contribution is 0.612. The maximum Gasteiger partial charge on any atom is 0.329 e. The highest BCUT2D eigenvalue weighted by Crippen LogP contribution is 2.16. The number of rotatable bonds is 6. The van der Waals surface area contributed by atoms with E-state index in [0.717, 1.165) is 48.5 Å². The van der Waals surface area contributed by atoms with Gasteiger partial charge in [0.25, 0.3) is 0 Å². The highest BCUT2D eigenvalue weighted by Gasteiger charge is 2.12. The van der Waals surface area contributed by atoms with Crippen molar-refractivity contribution in [2.45, 2.75) is 32.9 Å². The molecule has 5 heteroatoms. The van der Waals surface area contributed by atoms with E-state index in [9.17, 15) is 4.79 Å². The van der Waals surface area contributed by atoms with Crippen molar-refractivity contribution < 1.29 is 0 Å². The van der Waals surface area contributed by atoms with Gasteiger partial charge < -0.3 is 0 Å². The van der Waals surface area contributed by atoms with Gasteiger partial charge in [0, 0.05) is 13.1 Å². The van der Waals surface area contributed by atoms with Gasteiger partial charge in [-0.05, 0) is 49.0 Å². The third-order valence-corrected chi connectivity index (χ3v) is 3.89. The predicted octanol–water partition coefficient (Wildman–Crippen LogP) is 2.75. The Morgan fingerprint density at radius 2 is 1.58 bits per heavy atom. The molecule has 1 aromatic heterocycles. The van der Waals surface area contributed by atoms with Crippen molar-refractivity contribution >= 4 is 36.3 Å². The first-order valence-corrected chi connectivity index (χ1v) is 7.87. The molecule has 1 heterocycles. The molecule has 3 nitrogen and oxygen atoms in total. The molecule has 0 amide bonds. The maximum atomic E-state index is 12.5. The molecule has 0 atom stereocenters. The zero-order valence-corrected chi connectivity index (χ0v) is 13.0. The van der Waals surface area contributed by atoms with Crippen LogP contribution < -0.4 is 5.69 Å². The second kappa shape index (κ2) is 6.57. The fourth-order valence-electron chi connectivity index (χ4n) is 2.32. The summed E-state index contributed by atoms with van der Waals surface area (Å²) in [6.07, 6.45) is 1.81. The summed E-state index contributed by atoms with van der Waals surface area (Å²) in [7, 11) is 0. The third-order valence-electron chi connectivity index (χ3n) is 3.25. The van der Waals surface area contributed by atoms with E-state index in [1.165, 1.54) is 5.56 Å². The number of hydrogen-bond donors (Lipinski definition) is 2. The molecule has 0 bridgehead atoms. The van der Waals surface area contributed by atoms with Gasteiger partial charge in [0.1, 0.15) is 0 Å². The van der Waals surface area contributed by atoms with Crippen LogP contribution in [0.3, 0.4) is 0 Å². The van der Waals surface area contributed by atoms with Crippen molar-refractivity contribution in [1.82, 2.24) is 9.13 Å². The van der Waals surface area contributed by atoms with Gasteiger partial charge in [-0.2, -0.15) is 25.3 Å². The lowest BCUT2D eigenvalue weighted by atomic mass is 10.2. The molecule has 0 saturated carbocycles. The molecular formula is C14H20N2OS2. The molecule has 0 aliphatic carbocycles. The van der Waals surface area contributed by atoms with Crippen molar-refractivity contribution in [2.75, 3.05) is 11.5 Å². The molecule has 0 aliphatic rings. The normalized spacial score (nSPS) is 11.3. The van der Waals surface area contributed by atoms with Crippen LogP contribution in [0.25, 0.3) is 11.0 Å². The van der Waals surface area contributed by atoms with Crippen molar-refractivity contribution in [2.24, 2.45) is 0 Å². The second-order valence-electron chi connectivity index (χ2n) is 4.73. The van der Waals surface area contributed by atoms with Crippen LogP contribution in [0.1, 0.15) is 18.4 Å². The summed E-state index contributed by atoms with van der Waals surface area (Å²) >= 11 is 8.46. The summed E-state index contributed by atoms with van der Waals surface area (Å²) in [6.45, 7) is 3.52. The molecule has 0 radical (unpaired) electrons. The summed E-state index contributed by atoms with van der Waals surface area (Å²) in [4.78, 5) is 12.5. The van der Waals surface area contributed by atoms with E-state index in [1.54, 1.807) is 0 Å². The molecule has 0 saturated heterocycles. The van der Waals surface area contributed by atoms with Gasteiger partial charge in [0.15, 0.2) is 0 Å². The SMILES string of the molecule is Cc1ccc2c(c1)n(CCCS)c(=O)n2CCCS. The maximum absolute atomic E-state index is 12.5. The Morgan fingerprint density at radius 3 is 2.16 bits per heavy atom. The Bertz CT molecular complexity index is 616. The molecule has 0 unspecified atom stereocenters. The van der Waals surface area contributed by atoms with Gasteiger partial charge in [0.05, 0.1) is 11.0 Å². The topological polar surface area (TPSA) is 26.9 Å². The molecule has 2 aromatic rings. The number of hydrogen-bond acceptors (Lipinski definition) is 3. The molecule has 2 rings (SSSR count). The average Bonchev–Trinajstić information content (AvgIpc) is 2.65. The Morgan fingerprint density at radius 1 is 1.00 bits per heavy atom. The first kappa shape index (κ1) is 14.6. The smallest absolute Gasteiger partial charge is 0.292 e. The Balaban J connectivity index is 2.55. The molecule has 0 N–H and O–H groups in total. The van der Waals surface area contributed by atoms with Crippen LogP contribution in [-0.4, -0.2) is 20.6 Å². The fraction of sp³-hybridized carbons (Fsp3) is 0.500. The molecule has 0 aliphatic heterocycles. The van der Waals surface area contributed by atoms with E-state index < -0.39 is 0 Å². The Labute approximate surface area is 124 Å². The number of benzene rings is 1. The molecule has 0 spiro atoms. The fourth-order valence-corrected chi connectivity index (χ4v) is 2.60. The number of aryl methyl sites for hydroxylation is 3. The summed E-state index contributed by atoms with van der Waals surface area (Å²) in [6, 6.07) is 6.19. The average molecular weight is 296 g/mol. The summed E-state index contributed by atoms with van der Waals surface area (Å²) < 4.78 is 3.74. The van der Waals surface area contributed by atoms with Gasteiger partial charge in [-0.25, -0.2) is 4.79 Å². The number of thiol groups is 2. The third kappa shape index (κ3) is 3.03. The standard InChI is InChI=1S/C14H20N2OS2/c1-11-4-5-12-13(10-11)16(7-3-9-19)14(17)15(12)6-2-8-18/h4-5,10,18-19H,2-3,6-9H2,1H3. The van der Waals surface area contributed by atoms with Gasteiger partial charge in [-0.15, -0.1) is 0 Å². The lowest BCUT2D eigenvalue weighted by Gasteiger charge is -2.01. The van der Waals surface area contributed by atoms with Crippen LogP contribution >= 0.6 is 25.3 Å². The highest BCUT2D eigenvalue weighted by molar-refractivity contribution is 7.80. The molecular weight excluding hydrogens is 276 g/mol. The van der Waals surface area contributed by atoms with Crippen molar-refractivity contribution in [3.8, 4) is 0 Å². The van der Waals surface area contributed by atoms with Gasteiger partial charge in [-0.1, -0.05) is 6.07 Å². The molecule has 104 valence electrons. The highest BCUT2D eigenvalue weighted by atomic mass is 32.1. The first-order chi connectivity index (χ1) is 9.19. The minimum atomic E-state index is 0.0872. The Kier molecular flexibility index (Phi) is 5.05. The van der Waals surface area contributed by atoms with E-state index in [0.29, 0.717) is 0 Å². The van der Waals surface area contributed by atoms with Crippen LogP contribution in [-0.2, 0) is 13.1 Å². The summed E-state index contributed by atoms with van der Waals surface area (Å²) in [5.74, 6) is 1.59. The summed E-state index contributed by atoms with van der Waals surface area (Å²) in [5.41, 5.74) is 3.32. The van der Waals surface area contributed by atoms with E-state index in [4.69, 9.17) is 0 Å². The van der Waals surface area contributed by atoms with Crippen molar-refractivity contribution in [1.29, 1.82) is 0 Å². The molecule has 19 heavy (non-hydrogen) atoms. The minimum Gasteiger partial charge on any atom is -0.292 e. The zero-order valence-electron chi connectivity index (χ0n) is 11.2. The van der Waals surface area contributed by atoms with Crippen molar-refractivity contribution in [3.63, 3.8) is 0 Å². The minimum absolute atomic E-state index is 0.0872. The van der Waals surface area contributed by atoms with E-state index in [2.05, 4.69) is 44.3 Å². The van der Waals surface area contributed by atoms with Gasteiger partial charge >= 0.3 is 5.69 Å².